The van der Waals surface area contributed by atoms with Gasteiger partial charge in [0.05, 0.1) is 13.0 Å². The van der Waals surface area contributed by atoms with Crippen molar-refractivity contribution in [2.24, 2.45) is 0 Å². The Kier molecular flexibility index (Phi) is 9.43. The number of rotatable bonds is 8. The average molecular weight is 367 g/mol. The third-order valence-corrected chi connectivity index (χ3v) is 2.18. The van der Waals surface area contributed by atoms with E-state index in [9.17, 15) is 14.4 Å². The third-order valence-electron chi connectivity index (χ3n) is 1.85. The van der Waals surface area contributed by atoms with Crippen molar-refractivity contribution in [3.8, 4) is 0 Å². The number of alkyl carbamates (subject to hydrolysis) is 1. The molecular formula is C10H14Cl3NO7. The van der Waals surface area contributed by atoms with Gasteiger partial charge in [0.2, 0.25) is 3.79 Å². The van der Waals surface area contributed by atoms with Gasteiger partial charge in [-0.05, 0) is 0 Å². The Morgan fingerprint density at radius 1 is 1.19 bits per heavy atom. The second-order valence-corrected chi connectivity index (χ2v) is 6.16. The monoisotopic (exact) mass is 365 g/mol. The predicted molar refractivity (Wildman–Crippen MR) is 73.6 cm³/mol. The van der Waals surface area contributed by atoms with Crippen LogP contribution in [0.3, 0.4) is 0 Å². The van der Waals surface area contributed by atoms with Crippen LogP contribution in [0.4, 0.5) is 4.79 Å². The summed E-state index contributed by atoms with van der Waals surface area (Å²) in [5.41, 5.74) is 0. The number of carbonyl (C=O) groups excluding carboxylic acids is 2. The first-order valence-electron chi connectivity index (χ1n) is 5.53. The number of amides is 1. The highest BCUT2D eigenvalue weighted by Gasteiger charge is 2.28. The van der Waals surface area contributed by atoms with E-state index in [1.807, 2.05) is 5.32 Å². The van der Waals surface area contributed by atoms with E-state index in [0.717, 1.165) is 0 Å². The van der Waals surface area contributed by atoms with Crippen LogP contribution in [-0.4, -0.2) is 59.9 Å². The minimum Gasteiger partial charge on any atom is -0.481 e. The highest BCUT2D eigenvalue weighted by Crippen LogP contribution is 2.25. The molecule has 0 aromatic heterocycles. The van der Waals surface area contributed by atoms with E-state index in [2.05, 4.69) is 9.47 Å². The van der Waals surface area contributed by atoms with E-state index < -0.39 is 40.9 Å². The zero-order chi connectivity index (χ0) is 16.5. The molecule has 0 fully saturated rings. The molecule has 1 amide bonds. The molecule has 122 valence electrons. The van der Waals surface area contributed by atoms with Gasteiger partial charge >= 0.3 is 18.0 Å². The molecule has 0 aromatic rings. The zero-order valence-electron chi connectivity index (χ0n) is 10.9. The molecule has 2 N–H and O–H groups in total. The van der Waals surface area contributed by atoms with Crippen LogP contribution in [-0.2, 0) is 23.8 Å². The van der Waals surface area contributed by atoms with Gasteiger partial charge in [-0.2, -0.15) is 0 Å². The molecule has 0 aliphatic rings. The standard InChI is InChI=1S/C10H14Cl3NO7/c1-19-2-3-20-8(17)6(4-7(15)16)14-9(18)21-5-10(11,12)13/h6H,2-5H2,1H3,(H,14,18)(H,15,16)/t6-/m0/s1. The number of hydrogen-bond acceptors (Lipinski definition) is 6. The largest absolute Gasteiger partial charge is 0.481 e. The van der Waals surface area contributed by atoms with Crippen molar-refractivity contribution in [2.75, 3.05) is 26.9 Å². The predicted octanol–water partition coefficient (Wildman–Crippen LogP) is 1.12. The number of nitrogens with one attached hydrogen (secondary N) is 1. The Balaban J connectivity index is 4.43. The van der Waals surface area contributed by atoms with Crippen molar-refractivity contribution in [2.45, 2.75) is 16.3 Å². The van der Waals surface area contributed by atoms with Crippen LogP contribution >= 0.6 is 34.8 Å². The molecule has 8 nitrogen and oxygen atoms in total. The molecule has 0 radical (unpaired) electrons. The summed E-state index contributed by atoms with van der Waals surface area (Å²) in [4.78, 5) is 33.6. The number of aliphatic carboxylic acids is 1. The molecular weight excluding hydrogens is 352 g/mol. The van der Waals surface area contributed by atoms with Gasteiger partial charge in [0.15, 0.2) is 0 Å². The summed E-state index contributed by atoms with van der Waals surface area (Å²) >= 11 is 16.1. The maximum atomic E-state index is 11.6. The highest BCUT2D eigenvalue weighted by atomic mass is 35.6. The molecule has 0 saturated carbocycles. The number of ether oxygens (including phenoxy) is 3. The van der Waals surface area contributed by atoms with Crippen LogP contribution in [0.25, 0.3) is 0 Å². The molecule has 0 rings (SSSR count). The fourth-order valence-corrected chi connectivity index (χ4v) is 1.19. The van der Waals surface area contributed by atoms with E-state index >= 15 is 0 Å². The second-order valence-electron chi connectivity index (χ2n) is 3.65. The van der Waals surface area contributed by atoms with Gasteiger partial charge in [-0.1, -0.05) is 34.8 Å². The Labute approximate surface area is 135 Å². The van der Waals surface area contributed by atoms with E-state index in [-0.39, 0.29) is 13.2 Å². The maximum absolute atomic E-state index is 11.6. The van der Waals surface area contributed by atoms with Crippen molar-refractivity contribution in [3.05, 3.63) is 0 Å². The number of carboxylic acid groups (broad SMARTS) is 1. The second kappa shape index (κ2) is 9.88. The Bertz CT molecular complexity index is 372. The first kappa shape index (κ1) is 20.0. The van der Waals surface area contributed by atoms with Gasteiger partial charge in [-0.3, -0.25) is 4.79 Å². The zero-order valence-corrected chi connectivity index (χ0v) is 13.2. The van der Waals surface area contributed by atoms with Gasteiger partial charge in [-0.15, -0.1) is 0 Å². The number of carboxylic acids is 1. The summed E-state index contributed by atoms with van der Waals surface area (Å²) in [6.07, 6.45) is -1.80. The van der Waals surface area contributed by atoms with Crippen LogP contribution in [0.15, 0.2) is 0 Å². The van der Waals surface area contributed by atoms with Crippen LogP contribution in [0.2, 0.25) is 0 Å². The van der Waals surface area contributed by atoms with Gasteiger partial charge < -0.3 is 24.6 Å². The van der Waals surface area contributed by atoms with Crippen molar-refractivity contribution in [3.63, 3.8) is 0 Å². The highest BCUT2D eigenvalue weighted by molar-refractivity contribution is 6.67. The minimum atomic E-state index is -1.82. The van der Waals surface area contributed by atoms with Gasteiger partial charge in [-0.25, -0.2) is 9.59 Å². The fraction of sp³-hybridized carbons (Fsp3) is 0.700. The lowest BCUT2D eigenvalue weighted by Crippen LogP contribution is -2.44. The molecule has 1 atom stereocenters. The molecule has 11 heteroatoms. The number of hydrogen-bond donors (Lipinski definition) is 2. The van der Waals surface area contributed by atoms with E-state index in [1.54, 1.807) is 0 Å². The smallest absolute Gasteiger partial charge is 0.408 e. The molecule has 0 aliphatic carbocycles. The molecule has 0 unspecified atom stereocenters. The first-order chi connectivity index (χ1) is 9.65. The first-order valence-corrected chi connectivity index (χ1v) is 6.66. The lowest BCUT2D eigenvalue weighted by Gasteiger charge is -2.17. The normalized spacial score (nSPS) is 12.4. The van der Waals surface area contributed by atoms with Crippen molar-refractivity contribution >= 4 is 52.8 Å². The van der Waals surface area contributed by atoms with Crippen molar-refractivity contribution in [1.29, 1.82) is 0 Å². The number of esters is 1. The van der Waals surface area contributed by atoms with Crippen LogP contribution in [0, 0.1) is 0 Å². The number of carbonyl (C=O) groups is 3. The summed E-state index contributed by atoms with van der Waals surface area (Å²) in [7, 11) is 1.40. The maximum Gasteiger partial charge on any atom is 0.408 e. The molecule has 0 saturated heterocycles. The number of alkyl halides is 3. The molecule has 21 heavy (non-hydrogen) atoms. The van der Waals surface area contributed by atoms with Crippen LogP contribution in [0.1, 0.15) is 6.42 Å². The average Bonchev–Trinajstić information content (AvgIpc) is 2.34. The molecule has 0 aromatic carbocycles. The summed E-state index contributed by atoms with van der Waals surface area (Å²) in [6, 6.07) is -1.43. The molecule has 0 aliphatic heterocycles. The summed E-state index contributed by atoms with van der Waals surface area (Å²) in [6.45, 7) is -0.526. The summed E-state index contributed by atoms with van der Waals surface area (Å²) in [5, 5.41) is 10.7. The van der Waals surface area contributed by atoms with Crippen molar-refractivity contribution in [1.82, 2.24) is 5.32 Å². The lowest BCUT2D eigenvalue weighted by atomic mass is 10.2. The van der Waals surface area contributed by atoms with E-state index in [0.29, 0.717) is 0 Å². The lowest BCUT2D eigenvalue weighted by molar-refractivity contribution is -0.151. The quantitative estimate of drug-likeness (QED) is 0.376. The topological polar surface area (TPSA) is 111 Å². The Hall–Kier alpha value is -0.960. The Morgan fingerprint density at radius 2 is 1.81 bits per heavy atom. The van der Waals surface area contributed by atoms with E-state index in [4.69, 9.17) is 44.6 Å². The molecule has 0 bridgehead atoms. The summed E-state index contributed by atoms with van der Waals surface area (Å²) < 4.78 is 12.1. The third kappa shape index (κ3) is 11.4. The molecule has 0 spiro atoms. The Morgan fingerprint density at radius 3 is 2.29 bits per heavy atom. The van der Waals surface area contributed by atoms with Crippen LogP contribution < -0.4 is 5.32 Å². The molecule has 0 heterocycles. The minimum absolute atomic E-state index is 0.0870. The SMILES string of the molecule is COCCOC(=O)[C@H](CC(=O)O)NC(=O)OCC(Cl)(Cl)Cl. The number of methoxy groups -OCH3 is 1. The fourth-order valence-electron chi connectivity index (χ4n) is 1.03. The van der Waals surface area contributed by atoms with Crippen LogP contribution in [0.5, 0.6) is 0 Å². The van der Waals surface area contributed by atoms with Gasteiger partial charge in [0.25, 0.3) is 0 Å². The number of halogens is 3. The van der Waals surface area contributed by atoms with E-state index in [1.165, 1.54) is 7.11 Å². The van der Waals surface area contributed by atoms with Crippen molar-refractivity contribution < 1.29 is 33.7 Å². The summed E-state index contributed by atoms with van der Waals surface area (Å²) in [5.74, 6) is -2.26. The van der Waals surface area contributed by atoms with Gasteiger partial charge in [0, 0.05) is 7.11 Å². The van der Waals surface area contributed by atoms with Gasteiger partial charge in [0.1, 0.15) is 19.3 Å².